The lowest BCUT2D eigenvalue weighted by molar-refractivity contribution is -0.137. The van der Waals surface area contributed by atoms with Crippen LogP contribution in [0, 0.1) is 13.8 Å². The molecular formula is C18H15ClF3N3. The van der Waals surface area contributed by atoms with E-state index < -0.39 is 11.7 Å². The minimum atomic E-state index is -4.50. The zero-order valence-corrected chi connectivity index (χ0v) is 14.3. The molecule has 130 valence electrons. The smallest absolute Gasteiger partial charge is 0.278 e. The second-order valence-corrected chi connectivity index (χ2v) is 6.18. The molecule has 3 nitrogen and oxygen atoms in total. The Hall–Kier alpha value is -2.47. The summed E-state index contributed by atoms with van der Waals surface area (Å²) < 4.78 is 41.7. The SMILES string of the molecule is Cc1cn(Nc2ccc(C(F)(F)F)c(-c3ccc(Cl)cc3)n2)cc1C. The normalized spacial score (nSPS) is 11.6. The summed E-state index contributed by atoms with van der Waals surface area (Å²) in [4.78, 5) is 4.18. The molecule has 3 aromatic rings. The summed E-state index contributed by atoms with van der Waals surface area (Å²) in [5.74, 6) is 0.313. The molecule has 7 heteroatoms. The Morgan fingerprint density at radius 2 is 1.56 bits per heavy atom. The van der Waals surface area contributed by atoms with Crippen molar-refractivity contribution in [3.63, 3.8) is 0 Å². The van der Waals surface area contributed by atoms with Crippen molar-refractivity contribution in [3.05, 3.63) is 70.5 Å². The summed E-state index contributed by atoms with van der Waals surface area (Å²) >= 11 is 5.83. The Balaban J connectivity index is 2.04. The third kappa shape index (κ3) is 3.79. The van der Waals surface area contributed by atoms with E-state index in [0.29, 0.717) is 16.4 Å². The molecule has 0 spiro atoms. The van der Waals surface area contributed by atoms with Crippen molar-refractivity contribution < 1.29 is 13.2 Å². The number of nitrogens with zero attached hydrogens (tertiary/aromatic N) is 2. The molecule has 0 radical (unpaired) electrons. The number of halogens is 4. The molecule has 0 aliphatic heterocycles. The van der Waals surface area contributed by atoms with Gasteiger partial charge in [0, 0.05) is 23.0 Å². The first kappa shape index (κ1) is 17.4. The van der Waals surface area contributed by atoms with Gasteiger partial charge in [0.2, 0.25) is 0 Å². The highest BCUT2D eigenvalue weighted by molar-refractivity contribution is 6.30. The first-order valence-corrected chi connectivity index (χ1v) is 7.88. The van der Waals surface area contributed by atoms with Crippen molar-refractivity contribution in [2.24, 2.45) is 0 Å². The van der Waals surface area contributed by atoms with E-state index in [-0.39, 0.29) is 5.69 Å². The van der Waals surface area contributed by atoms with Gasteiger partial charge < -0.3 is 0 Å². The van der Waals surface area contributed by atoms with Crippen LogP contribution in [0.4, 0.5) is 19.0 Å². The topological polar surface area (TPSA) is 29.9 Å². The summed E-state index contributed by atoms with van der Waals surface area (Å²) in [5, 5.41) is 0.449. The summed E-state index contributed by atoms with van der Waals surface area (Å²) in [7, 11) is 0. The molecule has 2 aromatic heterocycles. The predicted octanol–water partition coefficient (Wildman–Crippen LogP) is 5.71. The van der Waals surface area contributed by atoms with Gasteiger partial charge in [-0.2, -0.15) is 13.2 Å². The Labute approximate surface area is 148 Å². The van der Waals surface area contributed by atoms with Gasteiger partial charge in [0.15, 0.2) is 0 Å². The van der Waals surface area contributed by atoms with Gasteiger partial charge in [-0.05, 0) is 49.2 Å². The number of hydrogen-bond acceptors (Lipinski definition) is 2. The van der Waals surface area contributed by atoms with Crippen LogP contribution < -0.4 is 5.43 Å². The maximum absolute atomic E-state index is 13.3. The van der Waals surface area contributed by atoms with Crippen LogP contribution in [0.1, 0.15) is 16.7 Å². The summed E-state index contributed by atoms with van der Waals surface area (Å²) in [6, 6.07) is 8.46. The highest BCUT2D eigenvalue weighted by Crippen LogP contribution is 2.37. The van der Waals surface area contributed by atoms with Crippen molar-refractivity contribution >= 4 is 17.4 Å². The van der Waals surface area contributed by atoms with E-state index in [1.807, 2.05) is 26.2 Å². The van der Waals surface area contributed by atoms with Gasteiger partial charge in [-0.15, -0.1) is 0 Å². The average molecular weight is 366 g/mol. The fourth-order valence-corrected chi connectivity index (χ4v) is 2.56. The average Bonchev–Trinajstić information content (AvgIpc) is 2.84. The molecule has 0 atom stereocenters. The number of anilines is 1. The molecule has 0 aliphatic rings. The molecule has 1 N–H and O–H groups in total. The van der Waals surface area contributed by atoms with Gasteiger partial charge in [0.25, 0.3) is 0 Å². The number of benzene rings is 1. The summed E-state index contributed by atoms with van der Waals surface area (Å²) in [6.07, 6.45) is -0.811. The maximum Gasteiger partial charge on any atom is 0.418 e. The van der Waals surface area contributed by atoms with Gasteiger partial charge in [0.05, 0.1) is 11.3 Å². The van der Waals surface area contributed by atoms with Crippen LogP contribution in [0.5, 0.6) is 0 Å². The predicted molar refractivity (Wildman–Crippen MR) is 92.6 cm³/mol. The van der Waals surface area contributed by atoms with Gasteiger partial charge in [-0.1, -0.05) is 23.7 Å². The first-order chi connectivity index (χ1) is 11.7. The molecule has 0 unspecified atom stereocenters. The highest BCUT2D eigenvalue weighted by Gasteiger charge is 2.34. The molecule has 0 fully saturated rings. The molecule has 0 saturated heterocycles. The van der Waals surface area contributed by atoms with Crippen molar-refractivity contribution in [1.29, 1.82) is 0 Å². The number of alkyl halides is 3. The van der Waals surface area contributed by atoms with E-state index in [1.165, 1.54) is 30.3 Å². The van der Waals surface area contributed by atoms with Gasteiger partial charge in [0.1, 0.15) is 5.82 Å². The lowest BCUT2D eigenvalue weighted by Crippen LogP contribution is -2.12. The highest BCUT2D eigenvalue weighted by atomic mass is 35.5. The van der Waals surface area contributed by atoms with Crippen LogP contribution in [-0.2, 0) is 6.18 Å². The third-order valence-corrected chi connectivity index (χ3v) is 4.10. The summed E-state index contributed by atoms with van der Waals surface area (Å²) in [6.45, 7) is 3.90. The molecule has 0 aliphatic carbocycles. The van der Waals surface area contributed by atoms with E-state index in [0.717, 1.165) is 17.2 Å². The summed E-state index contributed by atoms with van der Waals surface area (Å²) in [5.41, 5.74) is 4.52. The van der Waals surface area contributed by atoms with E-state index in [2.05, 4.69) is 10.4 Å². The lowest BCUT2D eigenvalue weighted by Gasteiger charge is -2.15. The fourth-order valence-electron chi connectivity index (χ4n) is 2.43. The Morgan fingerprint density at radius 1 is 0.960 bits per heavy atom. The van der Waals surface area contributed by atoms with Crippen molar-refractivity contribution in [3.8, 4) is 11.3 Å². The molecule has 25 heavy (non-hydrogen) atoms. The number of pyridine rings is 1. The molecule has 0 amide bonds. The van der Waals surface area contributed by atoms with E-state index in [4.69, 9.17) is 11.6 Å². The number of rotatable bonds is 3. The van der Waals surface area contributed by atoms with Gasteiger partial charge in [-0.25, -0.2) is 4.98 Å². The van der Waals surface area contributed by atoms with Crippen LogP contribution in [0.2, 0.25) is 5.02 Å². The van der Waals surface area contributed by atoms with Crippen LogP contribution in [0.25, 0.3) is 11.3 Å². The number of aryl methyl sites for hydroxylation is 2. The molecule has 1 aromatic carbocycles. The standard InChI is InChI=1S/C18H15ClF3N3/c1-11-9-25(10-12(11)2)24-16-8-7-15(18(20,21)22)17(23-16)13-3-5-14(19)6-4-13/h3-10H,1-2H3,(H,23,24). The Bertz CT molecular complexity index is 879. The Kier molecular flexibility index (Phi) is 4.47. The zero-order valence-electron chi connectivity index (χ0n) is 13.5. The number of nitrogens with one attached hydrogen (secondary N) is 1. The van der Waals surface area contributed by atoms with E-state index in [9.17, 15) is 13.2 Å². The largest absolute Gasteiger partial charge is 0.418 e. The molecule has 3 rings (SSSR count). The number of aromatic nitrogens is 2. The van der Waals surface area contributed by atoms with Crippen molar-refractivity contribution in [1.82, 2.24) is 9.66 Å². The second-order valence-electron chi connectivity index (χ2n) is 5.74. The number of hydrogen-bond donors (Lipinski definition) is 1. The molecule has 0 saturated carbocycles. The van der Waals surface area contributed by atoms with Crippen molar-refractivity contribution in [2.75, 3.05) is 5.43 Å². The molecular weight excluding hydrogens is 351 g/mol. The van der Waals surface area contributed by atoms with Crippen LogP contribution in [-0.4, -0.2) is 9.66 Å². The van der Waals surface area contributed by atoms with Crippen molar-refractivity contribution in [2.45, 2.75) is 20.0 Å². The van der Waals surface area contributed by atoms with Crippen LogP contribution >= 0.6 is 11.6 Å². The Morgan fingerprint density at radius 3 is 2.12 bits per heavy atom. The molecule has 2 heterocycles. The second kappa shape index (κ2) is 6.44. The molecule has 0 bridgehead atoms. The van der Waals surface area contributed by atoms with E-state index in [1.54, 1.807) is 4.68 Å². The minimum absolute atomic E-state index is 0.144. The fraction of sp³-hybridized carbons (Fsp3) is 0.167. The third-order valence-electron chi connectivity index (χ3n) is 3.85. The van der Waals surface area contributed by atoms with Crippen LogP contribution in [0.15, 0.2) is 48.8 Å². The quantitative estimate of drug-likeness (QED) is 0.643. The van der Waals surface area contributed by atoms with Gasteiger partial charge >= 0.3 is 6.18 Å². The monoisotopic (exact) mass is 365 g/mol. The zero-order chi connectivity index (χ0) is 18.2. The maximum atomic E-state index is 13.3. The van der Waals surface area contributed by atoms with E-state index >= 15 is 0 Å². The van der Waals surface area contributed by atoms with Gasteiger partial charge in [-0.3, -0.25) is 10.1 Å². The minimum Gasteiger partial charge on any atom is -0.278 e. The van der Waals surface area contributed by atoms with Crippen LogP contribution in [0.3, 0.4) is 0 Å². The first-order valence-electron chi connectivity index (χ1n) is 7.50. The lowest BCUT2D eigenvalue weighted by atomic mass is 10.1.